The van der Waals surface area contributed by atoms with Gasteiger partial charge in [0.25, 0.3) is 0 Å². The first-order chi connectivity index (χ1) is 13.4. The van der Waals surface area contributed by atoms with E-state index in [0.717, 1.165) is 16.9 Å². The van der Waals surface area contributed by atoms with Gasteiger partial charge in [-0.25, -0.2) is 17.8 Å². The van der Waals surface area contributed by atoms with Crippen LogP contribution in [0.25, 0.3) is 10.2 Å². The van der Waals surface area contributed by atoms with E-state index in [-0.39, 0.29) is 10.9 Å². The van der Waals surface area contributed by atoms with Crippen molar-refractivity contribution in [3.8, 4) is 0 Å². The molecular formula is C20H22FN3O2S2. The predicted octanol–water partition coefficient (Wildman–Crippen LogP) is 3.37. The summed E-state index contributed by atoms with van der Waals surface area (Å²) in [5, 5.41) is 1.09. The van der Waals surface area contributed by atoms with Gasteiger partial charge in [0, 0.05) is 38.6 Å². The second-order valence-corrected chi connectivity index (χ2v) is 10.0. The van der Waals surface area contributed by atoms with Crippen LogP contribution in [0.3, 0.4) is 0 Å². The molecule has 0 unspecified atom stereocenters. The second kappa shape index (κ2) is 7.87. The molecule has 1 atom stereocenters. The highest BCUT2D eigenvalue weighted by atomic mass is 32.2. The zero-order valence-electron chi connectivity index (χ0n) is 15.6. The molecule has 0 N–H and O–H groups in total. The third-order valence-electron chi connectivity index (χ3n) is 5.16. The van der Waals surface area contributed by atoms with E-state index in [2.05, 4.69) is 17.9 Å². The highest BCUT2D eigenvalue weighted by Gasteiger charge is 2.31. The molecule has 3 aromatic rings. The van der Waals surface area contributed by atoms with Crippen LogP contribution in [-0.2, 0) is 16.4 Å². The van der Waals surface area contributed by atoms with Gasteiger partial charge in [0.15, 0.2) is 0 Å². The summed E-state index contributed by atoms with van der Waals surface area (Å²) in [4.78, 5) is 6.73. The van der Waals surface area contributed by atoms with Crippen LogP contribution >= 0.6 is 11.3 Å². The molecule has 0 radical (unpaired) electrons. The van der Waals surface area contributed by atoms with Crippen molar-refractivity contribution in [3.63, 3.8) is 0 Å². The third kappa shape index (κ3) is 3.82. The molecule has 4 rings (SSSR count). The molecule has 0 aliphatic carbocycles. The Balaban J connectivity index is 1.40. The molecule has 1 saturated heterocycles. The van der Waals surface area contributed by atoms with Gasteiger partial charge in [-0.1, -0.05) is 24.3 Å². The SMILES string of the molecule is C[C@@H](Cc1nc2ccccc2s1)N1CCN(S(=O)(=O)c2ccccc2F)CC1. The van der Waals surface area contributed by atoms with E-state index in [0.29, 0.717) is 26.2 Å². The Hall–Kier alpha value is -1.87. The van der Waals surface area contributed by atoms with Crippen LogP contribution in [-0.4, -0.2) is 54.8 Å². The van der Waals surface area contributed by atoms with Gasteiger partial charge in [0.2, 0.25) is 10.0 Å². The van der Waals surface area contributed by atoms with Crippen molar-refractivity contribution in [2.45, 2.75) is 24.3 Å². The molecule has 1 aliphatic heterocycles. The molecule has 1 aromatic heterocycles. The Kier molecular flexibility index (Phi) is 5.46. The number of sulfonamides is 1. The van der Waals surface area contributed by atoms with Gasteiger partial charge in [0.1, 0.15) is 10.7 Å². The van der Waals surface area contributed by atoms with Gasteiger partial charge < -0.3 is 0 Å². The fourth-order valence-electron chi connectivity index (χ4n) is 3.57. The van der Waals surface area contributed by atoms with Crippen LogP contribution in [0.5, 0.6) is 0 Å². The molecule has 0 bridgehead atoms. The first-order valence-corrected chi connectivity index (χ1v) is 11.5. The van der Waals surface area contributed by atoms with Crippen LogP contribution in [0.15, 0.2) is 53.4 Å². The third-order valence-corrected chi connectivity index (χ3v) is 8.15. The van der Waals surface area contributed by atoms with Crippen molar-refractivity contribution in [2.24, 2.45) is 0 Å². The molecule has 28 heavy (non-hydrogen) atoms. The monoisotopic (exact) mass is 419 g/mol. The quantitative estimate of drug-likeness (QED) is 0.636. The van der Waals surface area contributed by atoms with Gasteiger partial charge in [-0.05, 0) is 31.2 Å². The predicted molar refractivity (Wildman–Crippen MR) is 110 cm³/mol. The van der Waals surface area contributed by atoms with E-state index in [9.17, 15) is 12.8 Å². The average molecular weight is 420 g/mol. The summed E-state index contributed by atoms with van der Waals surface area (Å²) in [5.74, 6) is -0.700. The molecule has 148 valence electrons. The molecule has 1 fully saturated rings. The first kappa shape index (κ1) is 19.4. The maximum atomic E-state index is 14.0. The fourth-order valence-corrected chi connectivity index (χ4v) is 6.14. The Morgan fingerprint density at radius 2 is 1.75 bits per heavy atom. The summed E-state index contributed by atoms with van der Waals surface area (Å²) < 4.78 is 42.0. The number of hydrogen-bond acceptors (Lipinski definition) is 5. The molecule has 2 heterocycles. The van der Waals surface area contributed by atoms with Crippen molar-refractivity contribution in [3.05, 3.63) is 59.4 Å². The van der Waals surface area contributed by atoms with Crippen LogP contribution in [0, 0.1) is 5.82 Å². The van der Waals surface area contributed by atoms with E-state index >= 15 is 0 Å². The van der Waals surface area contributed by atoms with E-state index < -0.39 is 15.8 Å². The van der Waals surface area contributed by atoms with Crippen molar-refractivity contribution < 1.29 is 12.8 Å². The number of halogens is 1. The van der Waals surface area contributed by atoms with E-state index in [1.54, 1.807) is 17.4 Å². The van der Waals surface area contributed by atoms with Crippen LogP contribution < -0.4 is 0 Å². The lowest BCUT2D eigenvalue weighted by Crippen LogP contribution is -2.51. The number of fused-ring (bicyclic) bond motifs is 1. The lowest BCUT2D eigenvalue weighted by atomic mass is 10.2. The summed E-state index contributed by atoms with van der Waals surface area (Å²) in [6.45, 7) is 4.12. The Morgan fingerprint density at radius 3 is 2.46 bits per heavy atom. The number of thiazole rings is 1. The van der Waals surface area contributed by atoms with Gasteiger partial charge in [-0.2, -0.15) is 4.31 Å². The van der Waals surface area contributed by atoms with Crippen molar-refractivity contribution in [1.29, 1.82) is 0 Å². The van der Waals surface area contributed by atoms with Gasteiger partial charge in [-0.3, -0.25) is 4.90 Å². The number of nitrogens with zero attached hydrogens (tertiary/aromatic N) is 3. The number of para-hydroxylation sites is 1. The maximum absolute atomic E-state index is 14.0. The minimum atomic E-state index is -3.80. The molecule has 0 amide bonds. The Labute approximate surface area is 168 Å². The molecule has 0 spiro atoms. The van der Waals surface area contributed by atoms with E-state index in [1.165, 1.54) is 27.2 Å². The van der Waals surface area contributed by atoms with Crippen LogP contribution in [0.1, 0.15) is 11.9 Å². The number of benzene rings is 2. The van der Waals surface area contributed by atoms with Crippen LogP contribution in [0.2, 0.25) is 0 Å². The van der Waals surface area contributed by atoms with E-state index in [4.69, 9.17) is 4.98 Å². The largest absolute Gasteiger partial charge is 0.298 e. The summed E-state index contributed by atoms with van der Waals surface area (Å²) in [6, 6.07) is 13.9. The zero-order chi connectivity index (χ0) is 19.7. The van der Waals surface area contributed by atoms with Crippen LogP contribution in [0.4, 0.5) is 4.39 Å². The summed E-state index contributed by atoms with van der Waals surface area (Å²) in [5.41, 5.74) is 1.02. The Morgan fingerprint density at radius 1 is 1.07 bits per heavy atom. The molecule has 5 nitrogen and oxygen atoms in total. The minimum Gasteiger partial charge on any atom is -0.298 e. The van der Waals surface area contributed by atoms with E-state index in [1.807, 2.05) is 18.2 Å². The minimum absolute atomic E-state index is 0.244. The maximum Gasteiger partial charge on any atom is 0.246 e. The summed E-state index contributed by atoms with van der Waals surface area (Å²) >= 11 is 1.71. The zero-order valence-corrected chi connectivity index (χ0v) is 17.2. The summed E-state index contributed by atoms with van der Waals surface area (Å²) in [6.07, 6.45) is 0.833. The summed E-state index contributed by atoms with van der Waals surface area (Å²) in [7, 11) is -3.80. The molecular weight excluding hydrogens is 397 g/mol. The van der Waals surface area contributed by atoms with Crippen molar-refractivity contribution >= 4 is 31.6 Å². The molecule has 1 aliphatic rings. The van der Waals surface area contributed by atoms with Crippen molar-refractivity contribution in [1.82, 2.24) is 14.2 Å². The molecule has 2 aromatic carbocycles. The van der Waals surface area contributed by atoms with Gasteiger partial charge in [0.05, 0.1) is 15.2 Å². The van der Waals surface area contributed by atoms with Gasteiger partial charge >= 0.3 is 0 Å². The molecule has 0 saturated carbocycles. The standard InChI is InChI=1S/C20H22FN3O2S2/c1-15(14-20-22-17-7-3-4-8-18(17)27-20)23-10-12-24(13-11-23)28(25,26)19-9-5-2-6-16(19)21/h2-9,15H,10-14H2,1H3/t15-/m0/s1. The van der Waals surface area contributed by atoms with Gasteiger partial charge in [-0.15, -0.1) is 11.3 Å². The lowest BCUT2D eigenvalue weighted by molar-refractivity contribution is 0.144. The number of piperazine rings is 1. The number of rotatable bonds is 5. The number of aromatic nitrogens is 1. The smallest absolute Gasteiger partial charge is 0.246 e. The average Bonchev–Trinajstić information content (AvgIpc) is 3.10. The normalized spacial score (nSPS) is 17.8. The number of hydrogen-bond donors (Lipinski definition) is 0. The second-order valence-electron chi connectivity index (χ2n) is 7.00. The Bertz CT molecular complexity index is 1040. The van der Waals surface area contributed by atoms with Crippen molar-refractivity contribution in [2.75, 3.05) is 26.2 Å². The lowest BCUT2D eigenvalue weighted by Gasteiger charge is -2.37. The fraction of sp³-hybridized carbons (Fsp3) is 0.350. The topological polar surface area (TPSA) is 53.5 Å². The highest BCUT2D eigenvalue weighted by Crippen LogP contribution is 2.25. The highest BCUT2D eigenvalue weighted by molar-refractivity contribution is 7.89. The molecule has 8 heteroatoms. The first-order valence-electron chi connectivity index (χ1n) is 9.28.